The van der Waals surface area contributed by atoms with Gasteiger partial charge in [-0.1, -0.05) is 0 Å². The summed E-state index contributed by atoms with van der Waals surface area (Å²) in [6, 6.07) is 0. The van der Waals surface area contributed by atoms with Gasteiger partial charge in [0.15, 0.2) is 0 Å². The molecule has 0 aliphatic heterocycles. The zero-order valence-electron chi connectivity index (χ0n) is 4.24. The van der Waals surface area contributed by atoms with E-state index >= 15 is 0 Å². The number of hydrogen-bond acceptors (Lipinski definition) is 4. The summed E-state index contributed by atoms with van der Waals surface area (Å²) in [5.41, 5.74) is -1.41. The van der Waals surface area contributed by atoms with Crippen LogP contribution in [0.5, 0.6) is 0 Å². The molecule has 6 heteroatoms. The van der Waals surface area contributed by atoms with E-state index in [0.717, 1.165) is 6.20 Å². The van der Waals surface area contributed by atoms with Gasteiger partial charge in [0.2, 0.25) is 0 Å². The molecular weight excluding hydrogens is 142 g/mol. The summed E-state index contributed by atoms with van der Waals surface area (Å²) in [4.78, 5) is 20.8. The number of hydrogen-bond donors (Lipinski definition) is 2. The van der Waals surface area contributed by atoms with E-state index in [9.17, 15) is 9.59 Å². The predicted octanol–water partition coefficient (Wildman–Crippen LogP) is -1.38. The van der Waals surface area contributed by atoms with Gasteiger partial charge in [-0.15, -0.1) is 0 Å². The molecule has 9 heavy (non-hydrogen) atoms. The van der Waals surface area contributed by atoms with Crippen molar-refractivity contribution in [2.24, 2.45) is 0 Å². The standard InChI is InChI=1S/C3H3N3O2S/c7-2-1-4-5-6(9)3(2)8/h1,5,9H. The minimum Gasteiger partial charge on any atom is -0.282 e. The first kappa shape index (κ1) is 6.09. The fraction of sp³-hybridized carbons (Fsp3) is 0. The number of nitrogens with one attached hydrogen (secondary N) is 1. The maximum atomic E-state index is 10.5. The van der Waals surface area contributed by atoms with Crippen LogP contribution in [0.15, 0.2) is 15.8 Å². The molecule has 5 nitrogen and oxygen atoms in total. The minimum atomic E-state index is -0.728. The average Bonchev–Trinajstić information content (AvgIpc) is 1.83. The Bertz CT molecular complexity index is 313. The largest absolute Gasteiger partial charge is 0.325 e. The highest BCUT2D eigenvalue weighted by Gasteiger charge is 1.92. The van der Waals surface area contributed by atoms with Gasteiger partial charge in [-0.05, 0) is 12.8 Å². The highest BCUT2D eigenvalue weighted by molar-refractivity contribution is 7.78. The van der Waals surface area contributed by atoms with Gasteiger partial charge in [0.25, 0.3) is 5.43 Å². The Morgan fingerprint density at radius 1 is 1.67 bits per heavy atom. The highest BCUT2D eigenvalue weighted by Crippen LogP contribution is 1.63. The zero-order valence-corrected chi connectivity index (χ0v) is 5.13. The van der Waals surface area contributed by atoms with E-state index in [4.69, 9.17) is 0 Å². The molecule has 0 saturated heterocycles. The molecule has 0 spiro atoms. The molecule has 1 N–H and O–H groups in total. The van der Waals surface area contributed by atoms with Gasteiger partial charge in [-0.2, -0.15) is 9.19 Å². The quantitative estimate of drug-likeness (QED) is 0.349. The Hall–Kier alpha value is -1.04. The molecule has 0 bridgehead atoms. The number of nitrogens with zero attached hydrogens (tertiary/aromatic N) is 2. The first-order chi connectivity index (χ1) is 4.22. The molecule has 1 heterocycles. The summed E-state index contributed by atoms with van der Waals surface area (Å²) in [5.74, 6) is 0. The van der Waals surface area contributed by atoms with Crippen LogP contribution in [-0.2, 0) is 0 Å². The van der Waals surface area contributed by atoms with Crippen molar-refractivity contribution in [1.29, 1.82) is 0 Å². The van der Waals surface area contributed by atoms with Crippen LogP contribution in [0.2, 0.25) is 0 Å². The Morgan fingerprint density at radius 3 is 2.78 bits per heavy atom. The van der Waals surface area contributed by atoms with Gasteiger partial charge in [0.05, 0.1) is 0 Å². The monoisotopic (exact) mass is 145 g/mol. The van der Waals surface area contributed by atoms with Crippen LogP contribution in [0.1, 0.15) is 0 Å². The van der Waals surface area contributed by atoms with E-state index in [1.54, 1.807) is 0 Å². The van der Waals surface area contributed by atoms with E-state index < -0.39 is 11.0 Å². The Morgan fingerprint density at radius 2 is 2.33 bits per heavy atom. The Labute approximate surface area is 54.9 Å². The molecule has 0 amide bonds. The maximum Gasteiger partial charge on any atom is 0.325 e. The molecule has 0 saturated carbocycles. The van der Waals surface area contributed by atoms with Crippen molar-refractivity contribution < 1.29 is 0 Å². The molecule has 0 fully saturated rings. The number of aromatic nitrogens is 3. The van der Waals surface area contributed by atoms with Gasteiger partial charge >= 0.3 is 5.56 Å². The number of H-pyrrole nitrogens is 1. The third kappa shape index (κ3) is 1.02. The second-order valence-corrected chi connectivity index (χ2v) is 1.74. The summed E-state index contributed by atoms with van der Waals surface area (Å²) in [6.07, 6.45) is 0.898. The van der Waals surface area contributed by atoms with Gasteiger partial charge in [-0.3, -0.25) is 9.59 Å². The van der Waals surface area contributed by atoms with Crippen LogP contribution < -0.4 is 11.0 Å². The third-order valence-electron chi connectivity index (χ3n) is 0.737. The molecule has 1 rings (SSSR count). The topological polar surface area (TPSA) is 67.8 Å². The molecule has 0 radical (unpaired) electrons. The van der Waals surface area contributed by atoms with Gasteiger partial charge in [-0.25, -0.2) is 5.21 Å². The molecule has 0 unspecified atom stereocenters. The minimum absolute atomic E-state index is 0.677. The Kier molecular flexibility index (Phi) is 1.39. The number of thiol groups is 1. The van der Waals surface area contributed by atoms with Crippen LogP contribution in [-0.4, -0.2) is 14.4 Å². The van der Waals surface area contributed by atoms with E-state index in [1.807, 2.05) is 0 Å². The molecule has 0 atom stereocenters. The van der Waals surface area contributed by atoms with E-state index in [-0.39, 0.29) is 0 Å². The van der Waals surface area contributed by atoms with Crippen molar-refractivity contribution in [1.82, 2.24) is 14.4 Å². The first-order valence-electron chi connectivity index (χ1n) is 2.08. The van der Waals surface area contributed by atoms with Crippen LogP contribution in [0.4, 0.5) is 0 Å². The van der Waals surface area contributed by atoms with Gasteiger partial charge < -0.3 is 0 Å². The van der Waals surface area contributed by atoms with Crippen molar-refractivity contribution in [2.75, 3.05) is 0 Å². The van der Waals surface area contributed by atoms with Crippen molar-refractivity contribution in [3.63, 3.8) is 0 Å². The summed E-state index contributed by atoms with van der Waals surface area (Å²) >= 11 is 3.55. The maximum absolute atomic E-state index is 10.5. The lowest BCUT2D eigenvalue weighted by molar-refractivity contribution is 0.786. The average molecular weight is 145 g/mol. The Balaban J connectivity index is 3.63. The van der Waals surface area contributed by atoms with Crippen molar-refractivity contribution in [2.45, 2.75) is 0 Å². The summed E-state index contributed by atoms with van der Waals surface area (Å²) < 4.78 is 0.711. The smallest absolute Gasteiger partial charge is 0.282 e. The second-order valence-electron chi connectivity index (χ2n) is 1.34. The molecule has 0 aliphatic rings. The van der Waals surface area contributed by atoms with Crippen LogP contribution in [0, 0.1) is 0 Å². The molecule has 48 valence electrons. The van der Waals surface area contributed by atoms with Crippen LogP contribution >= 0.6 is 12.8 Å². The first-order valence-corrected chi connectivity index (χ1v) is 2.48. The normalized spacial score (nSPS) is 9.44. The molecule has 1 aromatic heterocycles. The van der Waals surface area contributed by atoms with Gasteiger partial charge in [0, 0.05) is 0 Å². The lowest BCUT2D eigenvalue weighted by atomic mass is 10.7. The SMILES string of the molecule is O=c1cn[nH]n(S)c1=O. The predicted molar refractivity (Wildman–Crippen MR) is 33.5 cm³/mol. The van der Waals surface area contributed by atoms with Crippen molar-refractivity contribution in [3.05, 3.63) is 26.8 Å². The lowest BCUT2D eigenvalue weighted by Crippen LogP contribution is -2.32. The molecule has 1 aromatic rings. The number of aromatic amines is 1. The van der Waals surface area contributed by atoms with Crippen molar-refractivity contribution >= 4 is 12.8 Å². The second kappa shape index (κ2) is 2.06. The third-order valence-corrected chi connectivity index (χ3v) is 1.01. The fourth-order valence-electron chi connectivity index (χ4n) is 0.347. The number of rotatable bonds is 0. The molecular formula is C3H3N3O2S. The van der Waals surface area contributed by atoms with E-state index in [0.29, 0.717) is 4.09 Å². The molecule has 0 aliphatic carbocycles. The lowest BCUT2D eigenvalue weighted by Gasteiger charge is -1.87. The highest BCUT2D eigenvalue weighted by atomic mass is 32.1. The fourth-order valence-corrected chi connectivity index (χ4v) is 0.497. The summed E-state index contributed by atoms with van der Waals surface area (Å²) in [7, 11) is 0. The summed E-state index contributed by atoms with van der Waals surface area (Å²) in [5, 5.41) is 5.45. The zero-order chi connectivity index (χ0) is 6.85. The van der Waals surface area contributed by atoms with Crippen LogP contribution in [0.25, 0.3) is 0 Å². The van der Waals surface area contributed by atoms with Crippen LogP contribution in [0.3, 0.4) is 0 Å². The van der Waals surface area contributed by atoms with Gasteiger partial charge in [0.1, 0.15) is 6.20 Å². The van der Waals surface area contributed by atoms with E-state index in [1.165, 1.54) is 0 Å². The van der Waals surface area contributed by atoms with Crippen molar-refractivity contribution in [3.8, 4) is 0 Å². The summed E-state index contributed by atoms with van der Waals surface area (Å²) in [6.45, 7) is 0. The molecule has 0 aromatic carbocycles. The van der Waals surface area contributed by atoms with E-state index in [2.05, 4.69) is 23.1 Å².